The van der Waals surface area contributed by atoms with Crippen LogP contribution in [0, 0.1) is 10.1 Å². The Morgan fingerprint density at radius 2 is 1.70 bits per heavy atom. The van der Waals surface area contributed by atoms with E-state index in [0.717, 1.165) is 0 Å². The number of anilines is 1. The Morgan fingerprint density at radius 3 is 2.23 bits per heavy atom. The van der Waals surface area contributed by atoms with Gasteiger partial charge in [-0.2, -0.15) is 0 Å². The maximum absolute atomic E-state index is 12.2. The molecule has 0 radical (unpaired) electrons. The van der Waals surface area contributed by atoms with Crippen LogP contribution in [0.15, 0.2) is 53.4 Å². The standard InChI is InChI=1S/C19H21N3O7S/c1-3-13(2)21-30(27,28)17-10-4-14(5-11-17)19(24)29-12-18(23)20-15-6-8-16(9-7-15)22(25)26/h4-11,13,21H,3,12H2,1-2H3,(H,20,23). The molecule has 30 heavy (non-hydrogen) atoms. The molecule has 1 unspecified atom stereocenters. The van der Waals surface area contributed by atoms with E-state index in [1.807, 2.05) is 6.92 Å². The molecule has 160 valence electrons. The third-order valence-corrected chi connectivity index (χ3v) is 5.67. The van der Waals surface area contributed by atoms with Crippen LogP contribution in [0.5, 0.6) is 0 Å². The van der Waals surface area contributed by atoms with Crippen LogP contribution in [-0.2, 0) is 19.6 Å². The van der Waals surface area contributed by atoms with E-state index >= 15 is 0 Å². The van der Waals surface area contributed by atoms with Gasteiger partial charge in [0.05, 0.1) is 15.4 Å². The SMILES string of the molecule is CCC(C)NS(=O)(=O)c1ccc(C(=O)OCC(=O)Nc2ccc([N+](=O)[O-])cc2)cc1. The van der Waals surface area contributed by atoms with Crippen molar-refractivity contribution in [2.24, 2.45) is 0 Å². The smallest absolute Gasteiger partial charge is 0.338 e. The topological polar surface area (TPSA) is 145 Å². The van der Waals surface area contributed by atoms with Gasteiger partial charge in [-0.25, -0.2) is 17.9 Å². The number of amides is 1. The number of benzene rings is 2. The van der Waals surface area contributed by atoms with Crippen molar-refractivity contribution >= 4 is 33.3 Å². The number of non-ortho nitro benzene ring substituents is 1. The van der Waals surface area contributed by atoms with Gasteiger partial charge in [0.25, 0.3) is 11.6 Å². The molecule has 0 aliphatic rings. The Balaban J connectivity index is 1.91. The van der Waals surface area contributed by atoms with Crippen molar-refractivity contribution in [3.8, 4) is 0 Å². The first-order valence-electron chi connectivity index (χ1n) is 8.96. The summed E-state index contributed by atoms with van der Waals surface area (Å²) in [7, 11) is -3.69. The molecule has 0 bridgehead atoms. The fourth-order valence-corrected chi connectivity index (χ4v) is 3.59. The number of carbonyl (C=O) groups excluding carboxylic acids is 2. The van der Waals surface area contributed by atoms with E-state index in [1.54, 1.807) is 6.92 Å². The second-order valence-corrected chi connectivity index (χ2v) is 8.10. The molecule has 1 amide bonds. The lowest BCUT2D eigenvalue weighted by Crippen LogP contribution is -2.32. The summed E-state index contributed by atoms with van der Waals surface area (Å²) in [6.45, 7) is 3.01. The lowest BCUT2D eigenvalue weighted by atomic mass is 10.2. The molecule has 2 aromatic carbocycles. The van der Waals surface area contributed by atoms with Crippen LogP contribution in [0.2, 0.25) is 0 Å². The number of rotatable bonds is 9. The molecule has 2 aromatic rings. The molecule has 2 rings (SSSR count). The molecule has 0 aromatic heterocycles. The molecule has 0 saturated heterocycles. The highest BCUT2D eigenvalue weighted by Gasteiger charge is 2.18. The van der Waals surface area contributed by atoms with Crippen LogP contribution in [0.25, 0.3) is 0 Å². The molecule has 11 heteroatoms. The summed E-state index contributed by atoms with van der Waals surface area (Å²) in [6, 6.07) is 10.1. The van der Waals surface area contributed by atoms with Crippen LogP contribution in [0.3, 0.4) is 0 Å². The van der Waals surface area contributed by atoms with Gasteiger partial charge in [-0.15, -0.1) is 0 Å². The Hall–Kier alpha value is -3.31. The summed E-state index contributed by atoms with van der Waals surface area (Å²) in [6.07, 6.45) is 0.631. The summed E-state index contributed by atoms with van der Waals surface area (Å²) < 4.78 is 31.8. The molecule has 0 fully saturated rings. The lowest BCUT2D eigenvalue weighted by Gasteiger charge is -2.12. The van der Waals surface area contributed by atoms with Crippen LogP contribution in [-0.4, -0.2) is 37.9 Å². The van der Waals surface area contributed by atoms with E-state index in [1.165, 1.54) is 48.5 Å². The zero-order chi connectivity index (χ0) is 22.3. The van der Waals surface area contributed by atoms with Gasteiger partial charge in [-0.1, -0.05) is 6.92 Å². The maximum Gasteiger partial charge on any atom is 0.338 e. The van der Waals surface area contributed by atoms with Gasteiger partial charge in [0.1, 0.15) is 0 Å². The summed E-state index contributed by atoms with van der Waals surface area (Å²) in [4.78, 5) is 34.0. The van der Waals surface area contributed by atoms with Crippen molar-refractivity contribution in [1.29, 1.82) is 0 Å². The van der Waals surface area contributed by atoms with E-state index in [9.17, 15) is 28.1 Å². The van der Waals surface area contributed by atoms with Gasteiger partial charge in [0.15, 0.2) is 6.61 Å². The molecule has 0 spiro atoms. The summed E-state index contributed by atoms with van der Waals surface area (Å²) in [5.41, 5.74) is 0.273. The number of nitro benzene ring substituents is 1. The third kappa shape index (κ3) is 6.36. The van der Waals surface area contributed by atoms with Crippen molar-refractivity contribution in [3.05, 3.63) is 64.2 Å². The van der Waals surface area contributed by atoms with E-state index in [4.69, 9.17) is 4.74 Å². The number of carbonyl (C=O) groups is 2. The molecular weight excluding hydrogens is 414 g/mol. The van der Waals surface area contributed by atoms with Crippen LogP contribution >= 0.6 is 0 Å². The monoisotopic (exact) mass is 435 g/mol. The maximum atomic E-state index is 12.2. The number of sulfonamides is 1. The fourth-order valence-electron chi connectivity index (χ4n) is 2.26. The second-order valence-electron chi connectivity index (χ2n) is 6.38. The average molecular weight is 435 g/mol. The molecule has 2 N–H and O–H groups in total. The number of nitrogens with zero attached hydrogens (tertiary/aromatic N) is 1. The second kappa shape index (κ2) is 9.94. The van der Waals surface area contributed by atoms with Gasteiger partial charge < -0.3 is 10.1 Å². The summed E-state index contributed by atoms with van der Waals surface area (Å²) in [5.74, 6) is -1.43. The summed E-state index contributed by atoms with van der Waals surface area (Å²) in [5, 5.41) is 13.0. The predicted molar refractivity (Wildman–Crippen MR) is 109 cm³/mol. The number of esters is 1. The van der Waals surface area contributed by atoms with Crippen molar-refractivity contribution in [1.82, 2.24) is 4.72 Å². The van der Waals surface area contributed by atoms with Crippen molar-refractivity contribution in [2.75, 3.05) is 11.9 Å². The first kappa shape index (κ1) is 23.0. The summed E-state index contributed by atoms with van der Waals surface area (Å²) >= 11 is 0. The minimum atomic E-state index is -3.69. The fraction of sp³-hybridized carbons (Fsp3) is 0.263. The minimum Gasteiger partial charge on any atom is -0.452 e. The minimum absolute atomic E-state index is 0.00950. The third-order valence-electron chi connectivity index (χ3n) is 4.07. The molecule has 10 nitrogen and oxygen atoms in total. The molecular formula is C19H21N3O7S. The highest BCUT2D eigenvalue weighted by Crippen LogP contribution is 2.16. The highest BCUT2D eigenvalue weighted by molar-refractivity contribution is 7.89. The van der Waals surface area contributed by atoms with E-state index in [2.05, 4.69) is 10.0 Å². The molecule has 0 heterocycles. The van der Waals surface area contributed by atoms with Gasteiger partial charge in [-0.3, -0.25) is 14.9 Å². The van der Waals surface area contributed by atoms with Crippen molar-refractivity contribution in [2.45, 2.75) is 31.2 Å². The van der Waals surface area contributed by atoms with Crippen molar-refractivity contribution < 1.29 is 27.7 Å². The Morgan fingerprint density at radius 1 is 1.10 bits per heavy atom. The number of nitro groups is 1. The predicted octanol–water partition coefficient (Wildman–Crippen LogP) is 2.47. The zero-order valence-corrected chi connectivity index (χ0v) is 17.1. The van der Waals surface area contributed by atoms with E-state index in [-0.39, 0.29) is 22.2 Å². The molecule has 0 aliphatic carbocycles. The molecule has 0 saturated carbocycles. The molecule has 1 atom stereocenters. The van der Waals surface area contributed by atoms with Gasteiger partial charge in [0.2, 0.25) is 10.0 Å². The van der Waals surface area contributed by atoms with Gasteiger partial charge >= 0.3 is 5.97 Å². The number of nitrogens with one attached hydrogen (secondary N) is 2. The van der Waals surface area contributed by atoms with E-state index < -0.39 is 33.4 Å². The van der Waals surface area contributed by atoms with Crippen molar-refractivity contribution in [3.63, 3.8) is 0 Å². The van der Waals surface area contributed by atoms with E-state index in [0.29, 0.717) is 12.1 Å². The number of hydrogen-bond donors (Lipinski definition) is 2. The number of ether oxygens (including phenoxy) is 1. The Kier molecular flexibility index (Phi) is 7.61. The van der Waals surface area contributed by atoms with Crippen LogP contribution < -0.4 is 10.0 Å². The molecule has 0 aliphatic heterocycles. The largest absolute Gasteiger partial charge is 0.452 e. The Labute approximate surface area is 173 Å². The van der Waals surface area contributed by atoms with Crippen LogP contribution in [0.4, 0.5) is 11.4 Å². The first-order chi connectivity index (χ1) is 14.1. The zero-order valence-electron chi connectivity index (χ0n) is 16.3. The van der Waals surface area contributed by atoms with Gasteiger partial charge in [-0.05, 0) is 49.7 Å². The Bertz CT molecular complexity index is 1020. The number of hydrogen-bond acceptors (Lipinski definition) is 7. The highest BCUT2D eigenvalue weighted by atomic mass is 32.2. The van der Waals surface area contributed by atoms with Gasteiger partial charge in [0, 0.05) is 23.9 Å². The average Bonchev–Trinajstić information content (AvgIpc) is 2.72. The normalized spacial score (nSPS) is 12.1. The lowest BCUT2D eigenvalue weighted by molar-refractivity contribution is -0.384. The quantitative estimate of drug-likeness (QED) is 0.350. The first-order valence-corrected chi connectivity index (χ1v) is 10.4. The van der Waals surface area contributed by atoms with Crippen LogP contribution in [0.1, 0.15) is 30.6 Å².